The van der Waals surface area contributed by atoms with Gasteiger partial charge in [0.15, 0.2) is 0 Å². The molecule has 1 rings (SSSR count). The summed E-state index contributed by atoms with van der Waals surface area (Å²) in [5.74, 6) is 2.03. The van der Waals surface area contributed by atoms with Gasteiger partial charge in [0, 0.05) is 6.20 Å². The van der Waals surface area contributed by atoms with Crippen molar-refractivity contribution in [2.24, 2.45) is 0 Å². The zero-order valence-electron chi connectivity index (χ0n) is 8.61. The molecule has 0 bridgehead atoms. The molecule has 0 saturated carbocycles. The first-order valence-corrected chi connectivity index (χ1v) is 4.39. The minimum atomic E-state index is -0.720. The molecule has 15 heavy (non-hydrogen) atoms. The summed E-state index contributed by atoms with van der Waals surface area (Å²) < 4.78 is 0. The van der Waals surface area contributed by atoms with Crippen LogP contribution in [0.25, 0.3) is 0 Å². The van der Waals surface area contributed by atoms with Gasteiger partial charge in [0.1, 0.15) is 5.75 Å². The molecular formula is C11H12N2O2. The molecule has 0 aromatic carbocycles. The van der Waals surface area contributed by atoms with Crippen molar-refractivity contribution in [2.45, 2.75) is 19.4 Å². The van der Waals surface area contributed by atoms with Crippen LogP contribution in [-0.4, -0.2) is 21.5 Å². The molecule has 1 aromatic heterocycles. The highest BCUT2D eigenvalue weighted by molar-refractivity contribution is 5.94. The second kappa shape index (κ2) is 4.01. The number of pyridine rings is 1. The minimum absolute atomic E-state index is 0.0545. The quantitative estimate of drug-likeness (QED) is 0.704. The maximum atomic E-state index is 11.6. The fourth-order valence-corrected chi connectivity index (χ4v) is 0.944. The van der Waals surface area contributed by atoms with Gasteiger partial charge in [0.2, 0.25) is 0 Å². The fraction of sp³-hybridized carbons (Fsp3) is 0.273. The van der Waals surface area contributed by atoms with Gasteiger partial charge in [0.05, 0.1) is 17.3 Å². The van der Waals surface area contributed by atoms with Gasteiger partial charge in [-0.1, -0.05) is 5.92 Å². The summed E-state index contributed by atoms with van der Waals surface area (Å²) in [5.41, 5.74) is -0.443. The number of terminal acetylenes is 1. The summed E-state index contributed by atoms with van der Waals surface area (Å²) in [6.07, 6.45) is 7.85. The highest BCUT2D eigenvalue weighted by Gasteiger charge is 2.18. The number of nitrogens with one attached hydrogen (secondary N) is 1. The molecule has 2 N–H and O–H groups in total. The number of rotatable bonds is 2. The Labute approximate surface area is 88.3 Å². The summed E-state index contributed by atoms with van der Waals surface area (Å²) in [5, 5.41) is 11.8. The molecule has 0 unspecified atom stereocenters. The average molecular weight is 204 g/mol. The predicted octanol–water partition coefficient (Wildman–Crippen LogP) is 0.929. The van der Waals surface area contributed by atoms with E-state index in [2.05, 4.69) is 16.2 Å². The van der Waals surface area contributed by atoms with Gasteiger partial charge in [-0.2, -0.15) is 0 Å². The standard InChI is InChI=1S/C11H12N2O2/c1-4-11(2,3)13-10(15)8-5-9(14)7-12-6-8/h1,5-7,14H,2-3H3,(H,13,15). The molecule has 0 saturated heterocycles. The first kappa shape index (κ1) is 11.1. The van der Waals surface area contributed by atoms with Gasteiger partial charge in [-0.3, -0.25) is 9.78 Å². The maximum Gasteiger partial charge on any atom is 0.254 e. The zero-order chi connectivity index (χ0) is 11.5. The lowest BCUT2D eigenvalue weighted by Crippen LogP contribution is -2.42. The number of carbonyl (C=O) groups is 1. The molecule has 0 spiro atoms. The third kappa shape index (κ3) is 2.99. The molecule has 1 amide bonds. The van der Waals surface area contributed by atoms with Crippen molar-refractivity contribution < 1.29 is 9.90 Å². The van der Waals surface area contributed by atoms with E-state index in [1.807, 2.05) is 0 Å². The van der Waals surface area contributed by atoms with E-state index in [-0.39, 0.29) is 17.2 Å². The van der Waals surface area contributed by atoms with Crippen LogP contribution in [0.1, 0.15) is 24.2 Å². The molecule has 4 heteroatoms. The Bertz CT molecular complexity index is 419. The molecular weight excluding hydrogens is 192 g/mol. The molecule has 1 aromatic rings. The van der Waals surface area contributed by atoms with Crippen LogP contribution >= 0.6 is 0 Å². The molecule has 0 atom stereocenters. The van der Waals surface area contributed by atoms with Crippen LogP contribution in [0.15, 0.2) is 18.5 Å². The second-order valence-electron chi connectivity index (χ2n) is 3.66. The third-order valence-corrected chi connectivity index (χ3v) is 1.77. The largest absolute Gasteiger partial charge is 0.506 e. The fourth-order valence-electron chi connectivity index (χ4n) is 0.944. The third-order valence-electron chi connectivity index (χ3n) is 1.77. The van der Waals surface area contributed by atoms with Crippen molar-refractivity contribution in [3.63, 3.8) is 0 Å². The molecule has 0 radical (unpaired) electrons. The van der Waals surface area contributed by atoms with Crippen molar-refractivity contribution in [2.75, 3.05) is 0 Å². The van der Waals surface area contributed by atoms with Gasteiger partial charge < -0.3 is 10.4 Å². The van der Waals surface area contributed by atoms with Crippen LogP contribution in [0.5, 0.6) is 5.75 Å². The van der Waals surface area contributed by atoms with Crippen molar-refractivity contribution in [1.29, 1.82) is 0 Å². The van der Waals surface area contributed by atoms with Gasteiger partial charge in [-0.25, -0.2) is 0 Å². The Hall–Kier alpha value is -2.02. The molecule has 4 nitrogen and oxygen atoms in total. The van der Waals surface area contributed by atoms with Crippen molar-refractivity contribution in [3.05, 3.63) is 24.0 Å². The van der Waals surface area contributed by atoms with E-state index in [0.29, 0.717) is 0 Å². The Morgan fingerprint density at radius 1 is 1.60 bits per heavy atom. The number of hydrogen-bond donors (Lipinski definition) is 2. The second-order valence-corrected chi connectivity index (χ2v) is 3.66. The predicted molar refractivity (Wildman–Crippen MR) is 56.3 cm³/mol. The van der Waals surface area contributed by atoms with Gasteiger partial charge in [0.25, 0.3) is 5.91 Å². The number of aromatic hydroxyl groups is 1. The molecule has 0 fully saturated rings. The maximum absolute atomic E-state index is 11.6. The van der Waals surface area contributed by atoms with Crippen LogP contribution < -0.4 is 5.32 Å². The first-order valence-electron chi connectivity index (χ1n) is 4.39. The minimum Gasteiger partial charge on any atom is -0.506 e. The molecule has 78 valence electrons. The summed E-state index contributed by atoms with van der Waals surface area (Å²) in [6.45, 7) is 3.42. The first-order chi connectivity index (χ1) is 6.94. The molecule has 0 aliphatic carbocycles. The average Bonchev–Trinajstić information content (AvgIpc) is 2.17. The van der Waals surface area contributed by atoms with E-state index in [9.17, 15) is 4.79 Å². The summed E-state index contributed by atoms with van der Waals surface area (Å²) in [7, 11) is 0. The lowest BCUT2D eigenvalue weighted by Gasteiger charge is -2.19. The van der Waals surface area contributed by atoms with Crippen LogP contribution in [0, 0.1) is 12.3 Å². The normalized spacial score (nSPS) is 10.5. The van der Waals surface area contributed by atoms with E-state index >= 15 is 0 Å². The van der Waals surface area contributed by atoms with Gasteiger partial charge in [-0.05, 0) is 19.9 Å². The Morgan fingerprint density at radius 3 is 2.80 bits per heavy atom. The van der Waals surface area contributed by atoms with Gasteiger partial charge in [-0.15, -0.1) is 6.42 Å². The highest BCUT2D eigenvalue weighted by atomic mass is 16.3. The molecule has 1 heterocycles. The smallest absolute Gasteiger partial charge is 0.254 e. The topological polar surface area (TPSA) is 62.2 Å². The van der Waals surface area contributed by atoms with Crippen LogP contribution in [0.3, 0.4) is 0 Å². The number of carbonyl (C=O) groups excluding carboxylic acids is 1. The Kier molecular flexibility index (Phi) is 2.96. The number of aromatic nitrogens is 1. The molecule has 0 aliphatic heterocycles. The number of nitrogens with zero attached hydrogens (tertiary/aromatic N) is 1. The Morgan fingerprint density at radius 2 is 2.27 bits per heavy atom. The van der Waals surface area contributed by atoms with Crippen molar-refractivity contribution in [3.8, 4) is 18.1 Å². The van der Waals surface area contributed by atoms with Gasteiger partial charge >= 0.3 is 0 Å². The summed E-state index contributed by atoms with van der Waals surface area (Å²) in [6, 6.07) is 1.33. The van der Waals surface area contributed by atoms with E-state index in [1.54, 1.807) is 13.8 Å². The van der Waals surface area contributed by atoms with E-state index in [4.69, 9.17) is 11.5 Å². The van der Waals surface area contributed by atoms with Crippen LogP contribution in [0.2, 0.25) is 0 Å². The van der Waals surface area contributed by atoms with E-state index in [1.165, 1.54) is 18.5 Å². The Balaban J connectivity index is 2.84. The zero-order valence-corrected chi connectivity index (χ0v) is 8.61. The summed E-state index contributed by atoms with van der Waals surface area (Å²) in [4.78, 5) is 15.3. The lowest BCUT2D eigenvalue weighted by atomic mass is 10.1. The van der Waals surface area contributed by atoms with Crippen molar-refractivity contribution in [1.82, 2.24) is 10.3 Å². The number of amides is 1. The van der Waals surface area contributed by atoms with Crippen LogP contribution in [-0.2, 0) is 0 Å². The highest BCUT2D eigenvalue weighted by Crippen LogP contribution is 2.09. The monoisotopic (exact) mass is 204 g/mol. The summed E-state index contributed by atoms with van der Waals surface area (Å²) >= 11 is 0. The van der Waals surface area contributed by atoms with E-state index < -0.39 is 5.54 Å². The van der Waals surface area contributed by atoms with E-state index in [0.717, 1.165) is 0 Å². The van der Waals surface area contributed by atoms with Crippen LogP contribution in [0.4, 0.5) is 0 Å². The molecule has 0 aliphatic rings. The number of hydrogen-bond acceptors (Lipinski definition) is 3. The SMILES string of the molecule is C#CC(C)(C)NC(=O)c1cncc(O)c1. The van der Waals surface area contributed by atoms with Crippen molar-refractivity contribution >= 4 is 5.91 Å². The lowest BCUT2D eigenvalue weighted by molar-refractivity contribution is 0.0929.